The van der Waals surface area contributed by atoms with Crippen LogP contribution in [0.2, 0.25) is 0 Å². The maximum Gasteiger partial charge on any atom is 0.410 e. The molecule has 1 aliphatic rings. The molecule has 126 valence electrons. The summed E-state index contributed by atoms with van der Waals surface area (Å²) in [6, 6.07) is -0.944. The number of halogens is 6. The first kappa shape index (κ1) is 17.5. The molecule has 10 heteroatoms. The summed E-state index contributed by atoms with van der Waals surface area (Å²) in [6.07, 6.45) is -0.383. The second-order valence-electron chi connectivity index (χ2n) is 4.76. The first-order valence-corrected chi connectivity index (χ1v) is 6.76. The number of nitrogens with zero attached hydrogens (tertiary/aromatic N) is 1. The van der Waals surface area contributed by atoms with Crippen molar-refractivity contribution in [3.63, 3.8) is 0 Å². The normalized spacial score (nSPS) is 17.5. The Morgan fingerprint density at radius 2 is 1.57 bits per heavy atom. The van der Waals surface area contributed by atoms with Gasteiger partial charge in [0.2, 0.25) is 11.1 Å². The molecule has 23 heavy (non-hydrogen) atoms. The first-order valence-electron chi connectivity index (χ1n) is 6.38. The van der Waals surface area contributed by atoms with Crippen LogP contribution in [0.15, 0.2) is 0 Å². The minimum absolute atomic E-state index is 0.124. The van der Waals surface area contributed by atoms with Gasteiger partial charge >= 0.3 is 6.09 Å². The third-order valence-electron chi connectivity index (χ3n) is 3.39. The molecule has 1 aromatic carbocycles. The van der Waals surface area contributed by atoms with Crippen molar-refractivity contribution in [3.05, 3.63) is 34.6 Å². The maximum absolute atomic E-state index is 13.4. The molecule has 0 spiro atoms. The number of hydrogen-bond donors (Lipinski definition) is 0. The van der Waals surface area contributed by atoms with Crippen molar-refractivity contribution >= 4 is 22.9 Å². The smallest absolute Gasteiger partial charge is 0.410 e. The van der Waals surface area contributed by atoms with Gasteiger partial charge in [0.1, 0.15) is 12.6 Å². The summed E-state index contributed by atoms with van der Waals surface area (Å²) in [7, 11) is 0. The molecule has 1 saturated heterocycles. The van der Waals surface area contributed by atoms with E-state index in [0.717, 1.165) is 4.90 Å². The van der Waals surface area contributed by atoms with Gasteiger partial charge in [-0.2, -0.15) is 0 Å². The van der Waals surface area contributed by atoms with Crippen molar-refractivity contribution < 1.29 is 36.3 Å². The highest BCUT2D eigenvalue weighted by Gasteiger charge is 2.35. The molecular weight excluding hydrogens is 349 g/mol. The highest BCUT2D eigenvalue weighted by atomic mass is 35.5. The van der Waals surface area contributed by atoms with E-state index in [4.69, 9.17) is 11.6 Å². The van der Waals surface area contributed by atoms with Crippen LogP contribution in [-0.4, -0.2) is 28.8 Å². The number of carbonyl (C=O) groups is 2. The highest BCUT2D eigenvalue weighted by Crippen LogP contribution is 2.25. The van der Waals surface area contributed by atoms with Gasteiger partial charge in [0.05, 0.1) is 5.56 Å². The molecule has 0 unspecified atom stereocenters. The molecule has 2 rings (SSSR count). The lowest BCUT2D eigenvalue weighted by atomic mass is 10.2. The number of ether oxygens (including phenoxy) is 1. The van der Waals surface area contributed by atoms with Crippen molar-refractivity contribution in [2.75, 3.05) is 6.54 Å². The third-order valence-corrected chi connectivity index (χ3v) is 3.64. The molecule has 0 saturated carbocycles. The standard InChI is InChI=1S/C13H9ClF5NO3/c14-12(21)6-2-1-3-20(6)13(22)23-4-5-7(15)9(17)11(19)10(18)8(5)16/h6H,1-4H2/t6-/m0/s1. The van der Waals surface area contributed by atoms with Gasteiger partial charge in [0, 0.05) is 6.54 Å². The Kier molecular flexibility index (Phi) is 5.08. The lowest BCUT2D eigenvalue weighted by molar-refractivity contribution is -0.115. The van der Waals surface area contributed by atoms with Crippen molar-refractivity contribution in [2.45, 2.75) is 25.5 Å². The maximum atomic E-state index is 13.4. The Hall–Kier alpha value is -1.90. The average molecular weight is 358 g/mol. The summed E-state index contributed by atoms with van der Waals surface area (Å²) in [5, 5.41) is -0.810. The molecule has 0 N–H and O–H groups in total. The molecule has 1 atom stereocenters. The van der Waals surface area contributed by atoms with Gasteiger partial charge in [-0.15, -0.1) is 0 Å². The summed E-state index contributed by atoms with van der Waals surface area (Å²) in [6.45, 7) is -1.05. The van der Waals surface area contributed by atoms with E-state index in [1.807, 2.05) is 0 Å². The molecule has 1 fully saturated rings. The van der Waals surface area contributed by atoms with E-state index >= 15 is 0 Å². The van der Waals surface area contributed by atoms with E-state index in [1.165, 1.54) is 0 Å². The van der Waals surface area contributed by atoms with E-state index < -0.39 is 58.6 Å². The van der Waals surface area contributed by atoms with Gasteiger partial charge in [0.15, 0.2) is 23.3 Å². The molecule has 1 amide bonds. The minimum atomic E-state index is -2.30. The van der Waals surface area contributed by atoms with Gasteiger partial charge in [-0.25, -0.2) is 26.7 Å². The summed E-state index contributed by atoms with van der Waals surface area (Å²) in [5.74, 6) is -10.7. The first-order chi connectivity index (χ1) is 10.8. The monoisotopic (exact) mass is 357 g/mol. The van der Waals surface area contributed by atoms with Crippen LogP contribution in [0.4, 0.5) is 26.7 Å². The highest BCUT2D eigenvalue weighted by molar-refractivity contribution is 6.64. The Morgan fingerprint density at radius 3 is 2.09 bits per heavy atom. The quantitative estimate of drug-likeness (QED) is 0.361. The van der Waals surface area contributed by atoms with Gasteiger partial charge < -0.3 is 4.74 Å². The predicted molar refractivity (Wildman–Crippen MR) is 67.0 cm³/mol. The zero-order valence-corrected chi connectivity index (χ0v) is 12.1. The van der Waals surface area contributed by atoms with Crippen LogP contribution in [0.25, 0.3) is 0 Å². The number of benzene rings is 1. The largest absolute Gasteiger partial charge is 0.444 e. The van der Waals surface area contributed by atoms with Crippen LogP contribution in [0.5, 0.6) is 0 Å². The van der Waals surface area contributed by atoms with Crippen molar-refractivity contribution in [3.8, 4) is 0 Å². The minimum Gasteiger partial charge on any atom is -0.444 e. The summed E-state index contributed by atoms with van der Waals surface area (Å²) >= 11 is 5.30. The Bertz CT molecular complexity index is 640. The van der Waals surface area contributed by atoms with E-state index in [-0.39, 0.29) is 6.54 Å². The molecule has 1 aliphatic heterocycles. The van der Waals surface area contributed by atoms with Gasteiger partial charge in [-0.3, -0.25) is 9.69 Å². The van der Waals surface area contributed by atoms with Gasteiger partial charge in [-0.1, -0.05) is 0 Å². The molecule has 4 nitrogen and oxygen atoms in total. The third kappa shape index (κ3) is 3.24. The van der Waals surface area contributed by atoms with Crippen LogP contribution in [0.3, 0.4) is 0 Å². The van der Waals surface area contributed by atoms with E-state index in [9.17, 15) is 31.5 Å². The molecule has 1 aromatic rings. The number of carbonyl (C=O) groups excluding carboxylic acids is 2. The summed E-state index contributed by atoms with van der Waals surface area (Å²) < 4.78 is 70.3. The lowest BCUT2D eigenvalue weighted by Crippen LogP contribution is -2.39. The van der Waals surface area contributed by atoms with Gasteiger partial charge in [0.25, 0.3) is 0 Å². The van der Waals surface area contributed by atoms with Crippen LogP contribution >= 0.6 is 11.6 Å². The molecule has 1 heterocycles. The van der Waals surface area contributed by atoms with E-state index in [2.05, 4.69) is 4.74 Å². The molecule has 0 aromatic heterocycles. The number of rotatable bonds is 3. The molecule has 0 radical (unpaired) electrons. The topological polar surface area (TPSA) is 46.6 Å². The summed E-state index contributed by atoms with van der Waals surface area (Å²) in [4.78, 5) is 23.8. The Labute approximate surface area is 131 Å². The Balaban J connectivity index is 2.15. The fourth-order valence-electron chi connectivity index (χ4n) is 2.22. The number of hydrogen-bond acceptors (Lipinski definition) is 3. The SMILES string of the molecule is O=C(Cl)[C@@H]1CCCN1C(=O)OCc1c(F)c(F)c(F)c(F)c1F. The molecule has 0 bridgehead atoms. The second kappa shape index (κ2) is 6.69. The fourth-order valence-corrected chi connectivity index (χ4v) is 2.44. The molecule has 0 aliphatic carbocycles. The lowest BCUT2D eigenvalue weighted by Gasteiger charge is -2.21. The zero-order valence-electron chi connectivity index (χ0n) is 11.3. The van der Waals surface area contributed by atoms with Crippen LogP contribution in [-0.2, 0) is 16.1 Å². The predicted octanol–water partition coefficient (Wildman–Crippen LogP) is 3.25. The fraction of sp³-hybridized carbons (Fsp3) is 0.385. The van der Waals surface area contributed by atoms with E-state index in [0.29, 0.717) is 12.8 Å². The van der Waals surface area contributed by atoms with Crippen LogP contribution in [0, 0.1) is 29.1 Å². The summed E-state index contributed by atoms with van der Waals surface area (Å²) in [5.41, 5.74) is -1.28. The molecular formula is C13H9ClF5NO3. The second-order valence-corrected chi connectivity index (χ2v) is 5.13. The number of amides is 1. The van der Waals surface area contributed by atoms with Crippen molar-refractivity contribution in [1.29, 1.82) is 0 Å². The number of likely N-dealkylation sites (tertiary alicyclic amines) is 1. The Morgan fingerprint density at radius 1 is 1.04 bits per heavy atom. The van der Waals surface area contributed by atoms with Crippen LogP contribution in [0.1, 0.15) is 18.4 Å². The van der Waals surface area contributed by atoms with Crippen molar-refractivity contribution in [2.24, 2.45) is 0 Å². The van der Waals surface area contributed by atoms with Crippen LogP contribution < -0.4 is 0 Å². The van der Waals surface area contributed by atoms with Crippen molar-refractivity contribution in [1.82, 2.24) is 4.90 Å². The zero-order chi connectivity index (χ0) is 17.3. The van der Waals surface area contributed by atoms with E-state index in [1.54, 1.807) is 0 Å². The average Bonchev–Trinajstić information content (AvgIpc) is 3.00. The van der Waals surface area contributed by atoms with Gasteiger partial charge in [-0.05, 0) is 24.4 Å².